The minimum absolute atomic E-state index is 0.675. The molecule has 0 spiro atoms. The second-order valence-electron chi connectivity index (χ2n) is 7.17. The standard InChI is InChI=1S/C21H26N4OS/c1-4-26-17-9-7-16(8-10-17)22-20-19-14(2)15(3)27-21(19)24-18(23-20)13-25-11-5-6-12-25/h7-10H,4-6,11-13H2,1-3H3,(H,22,23,24)/p+1. The van der Waals surface area contributed by atoms with Gasteiger partial charge in [0.1, 0.15) is 22.9 Å². The number of nitrogens with zero attached hydrogens (tertiary/aromatic N) is 2. The van der Waals surface area contributed by atoms with Crippen LogP contribution in [0.1, 0.15) is 36.0 Å². The SMILES string of the molecule is CCOc1ccc(Nc2nc(C[NH+]3CCCC3)nc3sc(C)c(C)c23)cc1. The normalized spacial score (nSPS) is 14.8. The number of quaternary nitrogens is 1. The van der Waals surface area contributed by atoms with E-state index < -0.39 is 0 Å². The summed E-state index contributed by atoms with van der Waals surface area (Å²) in [6.07, 6.45) is 2.62. The van der Waals surface area contributed by atoms with Crippen LogP contribution in [0.2, 0.25) is 0 Å². The zero-order chi connectivity index (χ0) is 18.8. The zero-order valence-corrected chi connectivity index (χ0v) is 17.1. The third kappa shape index (κ3) is 3.92. The van der Waals surface area contributed by atoms with Crippen LogP contribution in [0.4, 0.5) is 11.5 Å². The highest BCUT2D eigenvalue weighted by Crippen LogP contribution is 2.34. The van der Waals surface area contributed by atoms with Gasteiger partial charge in [-0.1, -0.05) is 0 Å². The Labute approximate surface area is 164 Å². The molecule has 0 radical (unpaired) electrons. The van der Waals surface area contributed by atoms with Gasteiger partial charge in [0.25, 0.3) is 0 Å². The number of likely N-dealkylation sites (tertiary alicyclic amines) is 1. The van der Waals surface area contributed by atoms with Crippen LogP contribution in [0, 0.1) is 13.8 Å². The van der Waals surface area contributed by atoms with Crippen LogP contribution in [-0.2, 0) is 6.54 Å². The van der Waals surface area contributed by atoms with Crippen molar-refractivity contribution < 1.29 is 9.64 Å². The second kappa shape index (κ2) is 7.82. The van der Waals surface area contributed by atoms with Crippen LogP contribution in [0.3, 0.4) is 0 Å². The number of ether oxygens (including phenoxy) is 1. The molecule has 2 N–H and O–H groups in total. The first-order chi connectivity index (χ1) is 13.1. The molecule has 6 heteroatoms. The lowest BCUT2D eigenvalue weighted by Crippen LogP contribution is -3.08. The second-order valence-corrected chi connectivity index (χ2v) is 8.37. The van der Waals surface area contributed by atoms with E-state index in [2.05, 4.69) is 19.2 Å². The Morgan fingerprint density at radius 1 is 1.11 bits per heavy atom. The van der Waals surface area contributed by atoms with E-state index in [-0.39, 0.29) is 0 Å². The zero-order valence-electron chi connectivity index (χ0n) is 16.3. The molecule has 0 bridgehead atoms. The van der Waals surface area contributed by atoms with Gasteiger partial charge < -0.3 is 15.0 Å². The van der Waals surface area contributed by atoms with Crippen molar-refractivity contribution in [3.8, 4) is 5.75 Å². The van der Waals surface area contributed by atoms with E-state index in [1.165, 1.54) is 36.4 Å². The number of aryl methyl sites for hydroxylation is 2. The van der Waals surface area contributed by atoms with E-state index in [1.54, 1.807) is 16.2 Å². The van der Waals surface area contributed by atoms with E-state index in [4.69, 9.17) is 14.7 Å². The maximum absolute atomic E-state index is 5.54. The van der Waals surface area contributed by atoms with Crippen molar-refractivity contribution in [3.05, 3.63) is 40.5 Å². The Kier molecular flexibility index (Phi) is 5.27. The van der Waals surface area contributed by atoms with E-state index in [0.29, 0.717) is 6.61 Å². The average molecular weight is 384 g/mol. The van der Waals surface area contributed by atoms with E-state index >= 15 is 0 Å². The van der Waals surface area contributed by atoms with Gasteiger partial charge in [0, 0.05) is 23.4 Å². The molecule has 1 fully saturated rings. The molecule has 5 nitrogen and oxygen atoms in total. The molecule has 1 aromatic carbocycles. The molecule has 1 aliphatic rings. The molecule has 2 aromatic heterocycles. The number of hydrogen-bond donors (Lipinski definition) is 2. The fraction of sp³-hybridized carbons (Fsp3) is 0.429. The third-order valence-electron chi connectivity index (χ3n) is 5.22. The Balaban J connectivity index is 1.68. The highest BCUT2D eigenvalue weighted by Gasteiger charge is 2.20. The minimum Gasteiger partial charge on any atom is -0.494 e. The highest BCUT2D eigenvalue weighted by atomic mass is 32.1. The lowest BCUT2D eigenvalue weighted by molar-refractivity contribution is -0.902. The maximum atomic E-state index is 5.54. The quantitative estimate of drug-likeness (QED) is 0.682. The van der Waals surface area contributed by atoms with Crippen molar-refractivity contribution in [3.63, 3.8) is 0 Å². The number of fused-ring (bicyclic) bond motifs is 1. The van der Waals surface area contributed by atoms with Gasteiger partial charge in [-0.25, -0.2) is 9.97 Å². The Morgan fingerprint density at radius 3 is 2.56 bits per heavy atom. The van der Waals surface area contributed by atoms with Crippen molar-refractivity contribution >= 4 is 33.1 Å². The van der Waals surface area contributed by atoms with Crippen molar-refractivity contribution in [2.24, 2.45) is 0 Å². The summed E-state index contributed by atoms with van der Waals surface area (Å²) >= 11 is 1.76. The van der Waals surface area contributed by atoms with Gasteiger partial charge in [0.2, 0.25) is 0 Å². The molecular weight excluding hydrogens is 356 g/mol. The molecule has 142 valence electrons. The van der Waals surface area contributed by atoms with E-state index in [9.17, 15) is 0 Å². The molecule has 0 saturated carbocycles. The van der Waals surface area contributed by atoms with Crippen molar-refractivity contribution in [2.75, 3.05) is 25.0 Å². The monoisotopic (exact) mass is 383 g/mol. The fourth-order valence-electron chi connectivity index (χ4n) is 3.68. The predicted molar refractivity (Wildman–Crippen MR) is 111 cm³/mol. The summed E-state index contributed by atoms with van der Waals surface area (Å²) in [7, 11) is 0. The van der Waals surface area contributed by atoms with Gasteiger partial charge in [-0.05, 0) is 50.6 Å². The van der Waals surface area contributed by atoms with Gasteiger partial charge in [-0.3, -0.25) is 0 Å². The third-order valence-corrected chi connectivity index (χ3v) is 6.32. The molecule has 0 amide bonds. The largest absolute Gasteiger partial charge is 0.494 e. The first-order valence-corrected chi connectivity index (χ1v) is 10.6. The summed E-state index contributed by atoms with van der Waals surface area (Å²) in [6.45, 7) is 10.4. The van der Waals surface area contributed by atoms with Gasteiger partial charge in [-0.15, -0.1) is 11.3 Å². The van der Waals surface area contributed by atoms with Crippen molar-refractivity contribution in [1.29, 1.82) is 0 Å². The number of thiophene rings is 1. The number of anilines is 2. The summed E-state index contributed by atoms with van der Waals surface area (Å²) in [4.78, 5) is 13.8. The molecule has 1 aliphatic heterocycles. The Bertz CT molecular complexity index is 929. The maximum Gasteiger partial charge on any atom is 0.187 e. The number of aromatic nitrogens is 2. The molecule has 3 aromatic rings. The molecular formula is C21H27N4OS+. The predicted octanol–water partition coefficient (Wildman–Crippen LogP) is 3.63. The Hall–Kier alpha value is -2.18. The average Bonchev–Trinajstić information content (AvgIpc) is 3.25. The van der Waals surface area contributed by atoms with Crippen LogP contribution in [0.25, 0.3) is 10.2 Å². The smallest absolute Gasteiger partial charge is 0.187 e. The topological polar surface area (TPSA) is 51.5 Å². The van der Waals surface area contributed by atoms with Crippen molar-refractivity contribution in [2.45, 2.75) is 40.2 Å². The lowest BCUT2D eigenvalue weighted by Gasteiger charge is -2.13. The summed E-state index contributed by atoms with van der Waals surface area (Å²) < 4.78 is 5.54. The summed E-state index contributed by atoms with van der Waals surface area (Å²) in [5.41, 5.74) is 2.28. The number of rotatable bonds is 6. The van der Waals surface area contributed by atoms with Gasteiger partial charge >= 0.3 is 0 Å². The van der Waals surface area contributed by atoms with Crippen molar-refractivity contribution in [1.82, 2.24) is 9.97 Å². The summed E-state index contributed by atoms with van der Waals surface area (Å²) in [5, 5.41) is 4.67. The summed E-state index contributed by atoms with van der Waals surface area (Å²) in [6, 6.07) is 8.06. The first kappa shape index (κ1) is 18.2. The van der Waals surface area contributed by atoms with E-state index in [1.807, 2.05) is 31.2 Å². The molecule has 0 unspecified atom stereocenters. The molecule has 3 heterocycles. The van der Waals surface area contributed by atoms with Crippen LogP contribution in [0.5, 0.6) is 5.75 Å². The van der Waals surface area contributed by atoms with E-state index in [0.717, 1.165) is 39.8 Å². The summed E-state index contributed by atoms with van der Waals surface area (Å²) in [5.74, 6) is 2.74. The van der Waals surface area contributed by atoms with Gasteiger partial charge in [0.05, 0.1) is 25.1 Å². The molecule has 1 saturated heterocycles. The lowest BCUT2D eigenvalue weighted by atomic mass is 10.2. The number of hydrogen-bond acceptors (Lipinski definition) is 5. The van der Waals surface area contributed by atoms with Crippen LogP contribution in [-0.4, -0.2) is 29.7 Å². The first-order valence-electron chi connectivity index (χ1n) is 9.74. The molecule has 0 atom stereocenters. The number of nitrogens with one attached hydrogen (secondary N) is 2. The fourth-order valence-corrected chi connectivity index (χ4v) is 4.72. The van der Waals surface area contributed by atoms with Crippen LogP contribution >= 0.6 is 11.3 Å². The molecule has 4 rings (SSSR count). The number of benzene rings is 1. The highest BCUT2D eigenvalue weighted by molar-refractivity contribution is 7.18. The molecule has 27 heavy (non-hydrogen) atoms. The molecule has 0 aliphatic carbocycles. The van der Waals surface area contributed by atoms with Gasteiger partial charge in [-0.2, -0.15) is 0 Å². The van der Waals surface area contributed by atoms with Crippen LogP contribution in [0.15, 0.2) is 24.3 Å². The van der Waals surface area contributed by atoms with Gasteiger partial charge in [0.15, 0.2) is 5.82 Å². The Morgan fingerprint density at radius 2 is 1.85 bits per heavy atom. The van der Waals surface area contributed by atoms with Crippen LogP contribution < -0.4 is 15.0 Å². The minimum atomic E-state index is 0.675.